The fourth-order valence-electron chi connectivity index (χ4n) is 1.72. The Morgan fingerprint density at radius 1 is 1.05 bits per heavy atom. The van der Waals surface area contributed by atoms with Crippen LogP contribution in [-0.4, -0.2) is 33.3 Å². The molecule has 0 aliphatic heterocycles. The fraction of sp³-hybridized carbons (Fsp3) is 0.250. The zero-order valence-corrected chi connectivity index (χ0v) is 12.7. The minimum atomic E-state index is 0.167. The molecule has 0 amide bonds. The van der Waals surface area contributed by atoms with Crippen molar-refractivity contribution in [3.63, 3.8) is 0 Å². The van der Waals surface area contributed by atoms with Gasteiger partial charge in [0, 0.05) is 0 Å². The Morgan fingerprint density at radius 3 is 2.42 bits per heavy atom. The second-order valence-electron chi connectivity index (χ2n) is 4.31. The summed E-state index contributed by atoms with van der Waals surface area (Å²) in [5, 5.41) is 9.47. The third kappa shape index (κ3) is 4.39. The third-order valence-electron chi connectivity index (χ3n) is 2.77. The van der Waals surface area contributed by atoms with Gasteiger partial charge in [0.05, 0.1) is 0 Å². The molecule has 3 heteroatoms. The molecule has 100 valence electrons. The summed E-state index contributed by atoms with van der Waals surface area (Å²) in [5.74, 6) is 0.907. The summed E-state index contributed by atoms with van der Waals surface area (Å²) in [7, 11) is 0. The molecule has 0 aromatic heterocycles. The first-order valence-corrected chi connectivity index (χ1v) is 8.15. The maximum absolute atomic E-state index is 9.47. The first kappa shape index (κ1) is 14.1. The van der Waals surface area contributed by atoms with Gasteiger partial charge in [-0.25, -0.2) is 0 Å². The van der Waals surface area contributed by atoms with Crippen LogP contribution >= 0.6 is 0 Å². The van der Waals surface area contributed by atoms with Gasteiger partial charge in [0.15, 0.2) is 0 Å². The average molecular weight is 321 g/mol. The van der Waals surface area contributed by atoms with Crippen LogP contribution in [0.15, 0.2) is 54.6 Å². The van der Waals surface area contributed by atoms with E-state index >= 15 is 0 Å². The first-order valence-electron chi connectivity index (χ1n) is 6.30. The number of benzene rings is 2. The van der Waals surface area contributed by atoms with Crippen LogP contribution in [0.5, 0.6) is 5.75 Å². The van der Waals surface area contributed by atoms with Crippen molar-refractivity contribution >= 4 is 19.4 Å². The quantitative estimate of drug-likeness (QED) is 0.827. The van der Waals surface area contributed by atoms with E-state index in [1.165, 1.54) is 4.46 Å². The Kier molecular flexibility index (Phi) is 5.46. The topological polar surface area (TPSA) is 29.5 Å². The summed E-state index contributed by atoms with van der Waals surface area (Å²) in [6, 6.07) is 18.3. The summed E-state index contributed by atoms with van der Waals surface area (Å²) in [4.78, 5) is 0.189. The van der Waals surface area contributed by atoms with Gasteiger partial charge in [-0.2, -0.15) is 0 Å². The van der Waals surface area contributed by atoms with Gasteiger partial charge in [0.1, 0.15) is 0 Å². The van der Waals surface area contributed by atoms with Crippen molar-refractivity contribution in [1.29, 1.82) is 0 Å². The molecule has 0 bridgehead atoms. The Morgan fingerprint density at radius 2 is 1.74 bits per heavy atom. The van der Waals surface area contributed by atoms with Crippen LogP contribution in [0.2, 0.25) is 4.82 Å². The predicted molar refractivity (Wildman–Crippen MR) is 79.3 cm³/mol. The number of aryl methyl sites for hydroxylation is 1. The second-order valence-corrected chi connectivity index (χ2v) is 7.19. The molecule has 0 aliphatic carbocycles. The molecule has 0 saturated carbocycles. The molecule has 1 atom stereocenters. The maximum atomic E-state index is 9.47. The van der Waals surface area contributed by atoms with Gasteiger partial charge in [0.25, 0.3) is 0 Å². The van der Waals surface area contributed by atoms with Crippen molar-refractivity contribution in [3.8, 4) is 5.75 Å². The molecule has 0 saturated heterocycles. The van der Waals surface area contributed by atoms with Crippen molar-refractivity contribution in [2.75, 3.05) is 13.2 Å². The monoisotopic (exact) mass is 322 g/mol. The standard InChI is InChI=1S/C16H18O2Se/c1-13-7-5-6-10-16(13)18-12-15(11-17)19-14-8-3-2-4-9-14/h2-10,15,17H,11-12H2,1H3. The zero-order valence-electron chi connectivity index (χ0n) is 11.0. The van der Waals surface area contributed by atoms with Crippen molar-refractivity contribution in [3.05, 3.63) is 60.2 Å². The molecule has 19 heavy (non-hydrogen) atoms. The molecule has 0 aliphatic rings. The molecule has 1 unspecified atom stereocenters. The third-order valence-corrected chi connectivity index (χ3v) is 5.21. The zero-order chi connectivity index (χ0) is 13.5. The number of rotatable bonds is 6. The molecule has 2 nitrogen and oxygen atoms in total. The van der Waals surface area contributed by atoms with Crippen molar-refractivity contribution in [2.24, 2.45) is 0 Å². The van der Waals surface area contributed by atoms with Crippen molar-refractivity contribution in [1.82, 2.24) is 0 Å². The second kappa shape index (κ2) is 7.34. The van der Waals surface area contributed by atoms with Crippen molar-refractivity contribution in [2.45, 2.75) is 11.7 Å². The fourth-order valence-corrected chi connectivity index (χ4v) is 3.63. The van der Waals surface area contributed by atoms with Gasteiger partial charge in [-0.3, -0.25) is 0 Å². The summed E-state index contributed by atoms with van der Waals surface area (Å²) in [5.41, 5.74) is 1.13. The Balaban J connectivity index is 1.91. The van der Waals surface area contributed by atoms with Gasteiger partial charge in [-0.15, -0.1) is 0 Å². The minimum absolute atomic E-state index is 0.167. The molecule has 2 aromatic rings. The molecule has 2 rings (SSSR count). The van der Waals surface area contributed by atoms with E-state index in [1.54, 1.807) is 0 Å². The normalized spacial score (nSPS) is 12.1. The van der Waals surface area contributed by atoms with E-state index in [0.717, 1.165) is 11.3 Å². The van der Waals surface area contributed by atoms with Crippen LogP contribution in [0, 0.1) is 6.92 Å². The molecular formula is C16H18O2Se. The molecular weight excluding hydrogens is 303 g/mol. The molecule has 1 N–H and O–H groups in total. The van der Waals surface area contributed by atoms with E-state index in [-0.39, 0.29) is 26.4 Å². The van der Waals surface area contributed by atoms with Gasteiger partial charge >= 0.3 is 120 Å². The van der Waals surface area contributed by atoms with Crippen LogP contribution in [0.4, 0.5) is 0 Å². The predicted octanol–water partition coefficient (Wildman–Crippen LogP) is 2.18. The first-order chi connectivity index (χ1) is 9.29. The molecule has 0 radical (unpaired) electrons. The van der Waals surface area contributed by atoms with Gasteiger partial charge in [-0.1, -0.05) is 0 Å². The average Bonchev–Trinajstić information content (AvgIpc) is 2.46. The van der Waals surface area contributed by atoms with Crippen LogP contribution < -0.4 is 9.20 Å². The summed E-state index contributed by atoms with van der Waals surface area (Å²) in [6.45, 7) is 2.77. The summed E-state index contributed by atoms with van der Waals surface area (Å²) < 4.78 is 7.11. The van der Waals surface area contributed by atoms with Gasteiger partial charge in [0.2, 0.25) is 0 Å². The van der Waals surface area contributed by atoms with Gasteiger partial charge < -0.3 is 0 Å². The Hall–Kier alpha value is -1.28. The number of aliphatic hydroxyl groups excluding tert-OH is 1. The summed E-state index contributed by atoms with van der Waals surface area (Å²) >= 11 is 0.235. The van der Waals surface area contributed by atoms with E-state index in [1.807, 2.05) is 49.4 Å². The molecule has 0 heterocycles. The van der Waals surface area contributed by atoms with E-state index in [0.29, 0.717) is 6.61 Å². The number of hydrogen-bond donors (Lipinski definition) is 1. The van der Waals surface area contributed by atoms with E-state index in [9.17, 15) is 5.11 Å². The molecule has 0 fully saturated rings. The van der Waals surface area contributed by atoms with E-state index < -0.39 is 0 Å². The summed E-state index contributed by atoms with van der Waals surface area (Å²) in [6.07, 6.45) is 0. The van der Waals surface area contributed by atoms with Crippen molar-refractivity contribution < 1.29 is 9.84 Å². The SMILES string of the molecule is Cc1ccccc1OCC(CO)[Se]c1ccccc1. The number of hydrogen-bond acceptors (Lipinski definition) is 2. The number of aliphatic hydroxyl groups is 1. The molecule has 0 spiro atoms. The van der Waals surface area contributed by atoms with Crippen LogP contribution in [0.3, 0.4) is 0 Å². The van der Waals surface area contributed by atoms with Crippen LogP contribution in [0.1, 0.15) is 5.56 Å². The van der Waals surface area contributed by atoms with E-state index in [2.05, 4.69) is 12.1 Å². The Labute approximate surface area is 120 Å². The number of para-hydroxylation sites is 1. The Bertz CT molecular complexity index is 499. The molecule has 2 aromatic carbocycles. The number of ether oxygens (including phenoxy) is 1. The van der Waals surface area contributed by atoms with Crippen LogP contribution in [0.25, 0.3) is 0 Å². The van der Waals surface area contributed by atoms with Gasteiger partial charge in [-0.05, 0) is 0 Å². The van der Waals surface area contributed by atoms with Crippen LogP contribution in [-0.2, 0) is 0 Å². The van der Waals surface area contributed by atoms with E-state index in [4.69, 9.17) is 4.74 Å².